The maximum atomic E-state index is 14.7. The average molecular weight is 874 g/mol. The van der Waals surface area contributed by atoms with Gasteiger partial charge in [0.2, 0.25) is 23.6 Å². The molecule has 0 radical (unpaired) electrons. The first-order chi connectivity index (χ1) is 30.7. The van der Waals surface area contributed by atoms with Gasteiger partial charge in [0, 0.05) is 43.2 Å². The first-order valence-electron chi connectivity index (χ1n) is 20.8. The Labute approximate surface area is 372 Å². The van der Waals surface area contributed by atoms with Gasteiger partial charge in [0.1, 0.15) is 55.4 Å². The number of likely N-dealkylation sites (N-methyl/N-ethyl adjacent to an activating group) is 1. The van der Waals surface area contributed by atoms with Crippen LogP contribution in [0.25, 0.3) is 28.6 Å². The molecule has 0 spiro atoms. The molecule has 1 aromatic heterocycles. The van der Waals surface area contributed by atoms with E-state index in [-0.39, 0.29) is 57.8 Å². The fourth-order valence-corrected chi connectivity index (χ4v) is 7.30. The number of carbonyl (C=O) groups excluding carboxylic acids is 5. The molecular weight excluding hydrogens is 819 g/mol. The molecule has 5 amide bonds. The van der Waals surface area contributed by atoms with Crippen LogP contribution in [0.3, 0.4) is 0 Å². The third kappa shape index (κ3) is 11.4. The lowest BCUT2D eigenvalue weighted by molar-refractivity contribution is -0.141. The molecule has 336 valence electrons. The lowest BCUT2D eigenvalue weighted by Crippen LogP contribution is -2.56. The Morgan fingerprint density at radius 1 is 0.922 bits per heavy atom. The van der Waals surface area contributed by atoms with Crippen molar-refractivity contribution >= 4 is 35.6 Å². The summed E-state index contributed by atoms with van der Waals surface area (Å²) in [5.74, 6) is -2.19. The summed E-state index contributed by atoms with van der Waals surface area (Å²) in [6.45, 7) is 8.92. The van der Waals surface area contributed by atoms with Crippen molar-refractivity contribution in [1.82, 2.24) is 36.1 Å². The van der Waals surface area contributed by atoms with Crippen molar-refractivity contribution in [2.75, 3.05) is 46.4 Å². The molecule has 0 saturated heterocycles. The van der Waals surface area contributed by atoms with Gasteiger partial charge in [-0.15, -0.1) is 0 Å². The monoisotopic (exact) mass is 873 g/mol. The number of benzene rings is 3. The number of hydrogen-bond donors (Lipinski definition) is 7. The lowest BCUT2D eigenvalue weighted by atomic mass is 9.93. The molecule has 1 aliphatic heterocycles. The first-order valence-corrected chi connectivity index (χ1v) is 20.8. The summed E-state index contributed by atoms with van der Waals surface area (Å²) < 4.78 is 12.2. The summed E-state index contributed by atoms with van der Waals surface area (Å²) in [6, 6.07) is 14.5. The Morgan fingerprint density at radius 3 is 2.14 bits per heavy atom. The van der Waals surface area contributed by atoms with Crippen molar-refractivity contribution in [2.45, 2.75) is 57.8 Å². The number of nitrogens with two attached hydrogens (primary N) is 3. The molecule has 4 atom stereocenters. The number of amides is 5. The molecule has 4 aromatic rings. The zero-order valence-corrected chi connectivity index (χ0v) is 36.4. The number of ether oxygens (including phenoxy) is 2. The van der Waals surface area contributed by atoms with E-state index in [9.17, 15) is 24.0 Å². The van der Waals surface area contributed by atoms with Crippen LogP contribution >= 0.6 is 0 Å². The highest BCUT2D eigenvalue weighted by molar-refractivity contribution is 6.00. The zero-order chi connectivity index (χ0) is 46.5. The average Bonchev–Trinajstić information content (AvgIpc) is 3.28. The van der Waals surface area contributed by atoms with E-state index >= 15 is 0 Å². The molecule has 18 heteroatoms. The number of aryl methyl sites for hydroxylation is 2. The highest BCUT2D eigenvalue weighted by Crippen LogP contribution is 2.40. The number of nitrogens with zero attached hydrogens (tertiary/aromatic N) is 4. The Bertz CT molecular complexity index is 2390. The number of rotatable bonds is 16. The van der Waals surface area contributed by atoms with Crippen LogP contribution in [-0.4, -0.2) is 109 Å². The number of fused-ring (bicyclic) bond motifs is 5. The number of hydrogen-bond acceptors (Lipinski definition) is 13. The molecule has 18 nitrogen and oxygen atoms in total. The van der Waals surface area contributed by atoms with E-state index in [1.54, 1.807) is 56.3 Å². The fraction of sp³-hybridized carbons (Fsp3) is 0.348. The standard InChI is InChI=1S/C46H55N11O7/c1-6-29-7-10-31(11-8-29)41-52-26(2)39(27(3)53-41)44(60)55-35(15-16-47)46(62)57(5)40-32-12-14-38(64-22-19-50)34(25-32)33-23-30(9-13-37(33)63-21-18-49)24-36(43(59)51-20-17-48)56-42(58)28(4)54-45(40)61/h6-14,23,25,28,35-36,40H,1,15-16,18-22,24,47,49-50H2,2-5H3,(H,51,59)(H,54,61)(H,55,60)(H,56,58)/t28-,35?,36-,40-/m0/s1. The van der Waals surface area contributed by atoms with Gasteiger partial charge >= 0.3 is 0 Å². The van der Waals surface area contributed by atoms with Crippen LogP contribution in [0.4, 0.5) is 0 Å². The Balaban J connectivity index is 1.58. The Kier molecular flexibility index (Phi) is 16.6. The van der Waals surface area contributed by atoms with Crippen molar-refractivity contribution in [3.63, 3.8) is 0 Å². The van der Waals surface area contributed by atoms with Gasteiger partial charge < -0.3 is 52.8 Å². The van der Waals surface area contributed by atoms with Gasteiger partial charge in [-0.05, 0) is 74.7 Å². The van der Waals surface area contributed by atoms with Gasteiger partial charge in [0.25, 0.3) is 5.91 Å². The van der Waals surface area contributed by atoms with Crippen molar-refractivity contribution in [3.05, 3.63) is 101 Å². The molecule has 64 heavy (non-hydrogen) atoms. The van der Waals surface area contributed by atoms with Crippen LogP contribution in [0, 0.1) is 25.2 Å². The molecule has 10 N–H and O–H groups in total. The summed E-state index contributed by atoms with van der Waals surface area (Å²) in [6.07, 6.45) is 1.72. The van der Waals surface area contributed by atoms with Crippen LogP contribution < -0.4 is 47.9 Å². The van der Waals surface area contributed by atoms with E-state index < -0.39 is 53.7 Å². The summed E-state index contributed by atoms with van der Waals surface area (Å²) in [5, 5.41) is 19.9. The molecule has 4 bridgehead atoms. The van der Waals surface area contributed by atoms with Crippen LogP contribution in [0.15, 0.2) is 67.2 Å². The van der Waals surface area contributed by atoms with E-state index in [1.807, 2.05) is 30.3 Å². The van der Waals surface area contributed by atoms with Gasteiger partial charge in [-0.25, -0.2) is 9.97 Å². The lowest BCUT2D eigenvalue weighted by Gasteiger charge is -2.32. The second-order valence-electron chi connectivity index (χ2n) is 15.1. The summed E-state index contributed by atoms with van der Waals surface area (Å²) >= 11 is 0. The Morgan fingerprint density at radius 2 is 1.55 bits per heavy atom. The molecule has 5 rings (SSSR count). The second kappa shape index (κ2) is 22.2. The maximum absolute atomic E-state index is 14.7. The highest BCUT2D eigenvalue weighted by Gasteiger charge is 2.36. The molecule has 0 fully saturated rings. The predicted molar refractivity (Wildman–Crippen MR) is 240 cm³/mol. The summed E-state index contributed by atoms with van der Waals surface area (Å²) in [5.41, 5.74) is 22.1. The quantitative estimate of drug-likeness (QED) is 0.0789. The van der Waals surface area contributed by atoms with Crippen LogP contribution in [0.1, 0.15) is 57.8 Å². The minimum absolute atomic E-state index is 0.000157. The number of nitrogens with one attached hydrogen (secondary N) is 4. The number of carbonyl (C=O) groups is 5. The fourth-order valence-electron chi connectivity index (χ4n) is 7.30. The molecule has 2 heterocycles. The summed E-state index contributed by atoms with van der Waals surface area (Å²) in [7, 11) is 1.41. The van der Waals surface area contributed by atoms with Crippen molar-refractivity contribution < 1.29 is 33.4 Å². The van der Waals surface area contributed by atoms with E-state index in [2.05, 4.69) is 37.8 Å². The van der Waals surface area contributed by atoms with Gasteiger partial charge in [-0.3, -0.25) is 24.0 Å². The second-order valence-corrected chi connectivity index (χ2v) is 15.1. The van der Waals surface area contributed by atoms with Crippen LogP contribution in [0.2, 0.25) is 0 Å². The topological polar surface area (TPSA) is 283 Å². The van der Waals surface area contributed by atoms with Crippen LogP contribution in [0.5, 0.6) is 11.5 Å². The number of aromatic nitrogens is 2. The van der Waals surface area contributed by atoms with Crippen molar-refractivity contribution in [2.24, 2.45) is 17.2 Å². The van der Waals surface area contributed by atoms with E-state index in [0.29, 0.717) is 51.0 Å². The normalized spacial score (nSPS) is 16.4. The number of nitriles is 1. The molecule has 0 saturated carbocycles. The van der Waals surface area contributed by atoms with Crippen LogP contribution in [-0.2, 0) is 25.6 Å². The van der Waals surface area contributed by atoms with Gasteiger partial charge in [-0.2, -0.15) is 5.26 Å². The minimum Gasteiger partial charge on any atom is -0.492 e. The predicted octanol–water partition coefficient (Wildman–Crippen LogP) is 1.58. The minimum atomic E-state index is -1.41. The molecule has 1 unspecified atom stereocenters. The summed E-state index contributed by atoms with van der Waals surface area (Å²) in [4.78, 5) is 80.7. The van der Waals surface area contributed by atoms with Gasteiger partial charge in [0.15, 0.2) is 5.82 Å². The SMILES string of the molecule is C=Cc1ccc(-c2nc(C)c(C(=O)NC(CCN)C(=O)N(C)[C@@H]3C(=O)N[C@@H](C)C(=O)N[C@H](C(=O)NCC#N)Cc4ccc(OCCN)c(c4)-c4cc3ccc4OCCN)c(C)n2)cc1. The first kappa shape index (κ1) is 47.8. The van der Waals surface area contributed by atoms with Crippen molar-refractivity contribution in [3.8, 4) is 40.1 Å². The van der Waals surface area contributed by atoms with Gasteiger partial charge in [0.05, 0.1) is 23.0 Å². The Hall–Kier alpha value is -7.20. The smallest absolute Gasteiger partial charge is 0.255 e. The molecule has 3 aromatic carbocycles. The third-order valence-electron chi connectivity index (χ3n) is 10.5. The molecular formula is C46H55N11O7. The van der Waals surface area contributed by atoms with E-state index in [4.69, 9.17) is 31.9 Å². The molecule has 1 aliphatic rings. The van der Waals surface area contributed by atoms with Crippen molar-refractivity contribution in [1.29, 1.82) is 5.26 Å². The largest absolute Gasteiger partial charge is 0.492 e. The third-order valence-corrected chi connectivity index (χ3v) is 10.5. The van der Waals surface area contributed by atoms with E-state index in [0.717, 1.165) is 11.1 Å². The maximum Gasteiger partial charge on any atom is 0.255 e. The highest BCUT2D eigenvalue weighted by atomic mass is 16.5. The van der Waals surface area contributed by atoms with E-state index in [1.165, 1.54) is 18.9 Å². The zero-order valence-electron chi connectivity index (χ0n) is 36.4. The van der Waals surface area contributed by atoms with Gasteiger partial charge in [-0.1, -0.05) is 49.1 Å². The molecule has 0 aliphatic carbocycles.